The molecule has 3 heteroatoms. The van der Waals surface area contributed by atoms with Crippen LogP contribution in [0.2, 0.25) is 0 Å². The van der Waals surface area contributed by atoms with Crippen LogP contribution in [0.5, 0.6) is 0 Å². The van der Waals surface area contributed by atoms with Crippen molar-refractivity contribution in [1.29, 1.82) is 0 Å². The lowest BCUT2D eigenvalue weighted by atomic mass is 9.89. The summed E-state index contributed by atoms with van der Waals surface area (Å²) in [5.74, 6) is 1.07. The Morgan fingerprint density at radius 3 is 3.12 bits per heavy atom. The number of furan rings is 1. The van der Waals surface area contributed by atoms with Gasteiger partial charge in [-0.05, 0) is 30.5 Å². The van der Waals surface area contributed by atoms with Gasteiger partial charge >= 0.3 is 0 Å². The van der Waals surface area contributed by atoms with Gasteiger partial charge in [-0.1, -0.05) is 13.8 Å². The van der Waals surface area contributed by atoms with Crippen molar-refractivity contribution in [1.82, 2.24) is 5.32 Å². The van der Waals surface area contributed by atoms with Crippen LogP contribution >= 0.6 is 0 Å². The predicted octanol–water partition coefficient (Wildman–Crippen LogP) is 2.40. The summed E-state index contributed by atoms with van der Waals surface area (Å²) in [7, 11) is 0. The maximum absolute atomic E-state index is 5.98. The smallest absolute Gasteiger partial charge is 0.0938 e. The Bertz CT molecular complexity index is 295. The first-order valence-electron chi connectivity index (χ1n) is 6.12. The molecule has 0 aromatic carbocycles. The predicted molar refractivity (Wildman–Crippen MR) is 63.5 cm³/mol. The summed E-state index contributed by atoms with van der Waals surface area (Å²) >= 11 is 0. The summed E-state index contributed by atoms with van der Waals surface area (Å²) in [6.45, 7) is 7.22. The Morgan fingerprint density at radius 2 is 2.44 bits per heavy atom. The van der Waals surface area contributed by atoms with Gasteiger partial charge in [0, 0.05) is 19.1 Å². The number of rotatable bonds is 4. The van der Waals surface area contributed by atoms with Gasteiger partial charge in [-0.3, -0.25) is 0 Å². The van der Waals surface area contributed by atoms with E-state index < -0.39 is 0 Å². The van der Waals surface area contributed by atoms with E-state index in [0.29, 0.717) is 11.8 Å². The topological polar surface area (TPSA) is 34.4 Å². The quantitative estimate of drug-likeness (QED) is 0.851. The van der Waals surface area contributed by atoms with Crippen LogP contribution in [-0.2, 0) is 4.74 Å². The Hall–Kier alpha value is -0.800. The molecule has 2 heterocycles. The molecule has 1 aromatic heterocycles. The lowest BCUT2D eigenvalue weighted by Crippen LogP contribution is -2.41. The zero-order valence-electron chi connectivity index (χ0n) is 10.1. The SMILES string of the molecule is CC(C)CO[C@H]1CNCC[C@H]1c1ccoc1. The minimum absolute atomic E-state index is 0.286. The van der Waals surface area contributed by atoms with E-state index in [-0.39, 0.29) is 6.10 Å². The molecule has 1 aliphatic rings. The first kappa shape index (κ1) is 11.7. The number of nitrogens with one attached hydrogen (secondary N) is 1. The van der Waals surface area contributed by atoms with Crippen LogP contribution in [0.15, 0.2) is 23.0 Å². The molecule has 1 saturated heterocycles. The highest BCUT2D eigenvalue weighted by atomic mass is 16.5. The molecule has 1 fully saturated rings. The van der Waals surface area contributed by atoms with Crippen LogP contribution < -0.4 is 5.32 Å². The van der Waals surface area contributed by atoms with E-state index in [1.807, 2.05) is 6.26 Å². The molecule has 1 aliphatic heterocycles. The van der Waals surface area contributed by atoms with Crippen LogP contribution in [-0.4, -0.2) is 25.8 Å². The van der Waals surface area contributed by atoms with E-state index in [1.54, 1.807) is 6.26 Å². The molecule has 0 saturated carbocycles. The van der Waals surface area contributed by atoms with Gasteiger partial charge in [0.15, 0.2) is 0 Å². The molecular formula is C13H21NO2. The van der Waals surface area contributed by atoms with Gasteiger partial charge in [0.2, 0.25) is 0 Å². The van der Waals surface area contributed by atoms with Gasteiger partial charge in [0.1, 0.15) is 0 Å². The van der Waals surface area contributed by atoms with Gasteiger partial charge in [-0.25, -0.2) is 0 Å². The number of ether oxygens (including phenoxy) is 1. The molecule has 1 aromatic rings. The molecule has 90 valence electrons. The third kappa shape index (κ3) is 2.86. The standard InChI is InChI=1S/C13H21NO2/c1-10(2)8-16-13-7-14-5-3-12(13)11-4-6-15-9-11/h4,6,9-10,12-14H,3,5,7-8H2,1-2H3/t12-,13-/m0/s1. The van der Waals surface area contributed by atoms with Crippen LogP contribution in [0.1, 0.15) is 31.7 Å². The van der Waals surface area contributed by atoms with Gasteiger partial charge in [0.05, 0.1) is 18.6 Å². The molecule has 0 spiro atoms. The first-order chi connectivity index (χ1) is 7.77. The van der Waals surface area contributed by atoms with Crippen LogP contribution in [0, 0.1) is 5.92 Å². The Morgan fingerprint density at radius 1 is 1.56 bits per heavy atom. The highest BCUT2D eigenvalue weighted by Crippen LogP contribution is 2.28. The molecule has 2 atom stereocenters. The maximum atomic E-state index is 5.98. The molecule has 0 amide bonds. The number of hydrogen-bond donors (Lipinski definition) is 1. The average Bonchev–Trinajstić information content (AvgIpc) is 2.80. The maximum Gasteiger partial charge on any atom is 0.0938 e. The molecule has 16 heavy (non-hydrogen) atoms. The average molecular weight is 223 g/mol. The van der Waals surface area contributed by atoms with E-state index in [4.69, 9.17) is 9.15 Å². The highest BCUT2D eigenvalue weighted by Gasteiger charge is 2.27. The summed E-state index contributed by atoms with van der Waals surface area (Å²) in [4.78, 5) is 0. The second-order valence-electron chi connectivity index (χ2n) is 4.92. The first-order valence-corrected chi connectivity index (χ1v) is 6.12. The van der Waals surface area contributed by atoms with Crippen molar-refractivity contribution in [3.8, 4) is 0 Å². The van der Waals surface area contributed by atoms with E-state index in [0.717, 1.165) is 26.1 Å². The summed E-state index contributed by atoms with van der Waals surface area (Å²) in [6, 6.07) is 2.06. The third-order valence-electron chi connectivity index (χ3n) is 3.04. The largest absolute Gasteiger partial charge is 0.472 e. The van der Waals surface area contributed by atoms with Crippen molar-refractivity contribution in [2.75, 3.05) is 19.7 Å². The lowest BCUT2D eigenvalue weighted by Gasteiger charge is -2.32. The van der Waals surface area contributed by atoms with E-state index in [2.05, 4.69) is 25.2 Å². The van der Waals surface area contributed by atoms with Crippen molar-refractivity contribution in [3.05, 3.63) is 24.2 Å². The lowest BCUT2D eigenvalue weighted by molar-refractivity contribution is 0.00771. The summed E-state index contributed by atoms with van der Waals surface area (Å²) in [6.07, 6.45) is 5.01. The van der Waals surface area contributed by atoms with Gasteiger partial charge in [0.25, 0.3) is 0 Å². The summed E-state index contributed by atoms with van der Waals surface area (Å²) < 4.78 is 11.1. The highest BCUT2D eigenvalue weighted by molar-refractivity contribution is 5.15. The van der Waals surface area contributed by atoms with Crippen molar-refractivity contribution >= 4 is 0 Å². The normalized spacial score (nSPS) is 26.2. The van der Waals surface area contributed by atoms with Crippen molar-refractivity contribution in [2.24, 2.45) is 5.92 Å². The van der Waals surface area contributed by atoms with Crippen molar-refractivity contribution < 1.29 is 9.15 Å². The van der Waals surface area contributed by atoms with Crippen molar-refractivity contribution in [2.45, 2.75) is 32.3 Å². The zero-order valence-corrected chi connectivity index (χ0v) is 10.1. The fourth-order valence-corrected chi connectivity index (χ4v) is 2.19. The number of piperidine rings is 1. The van der Waals surface area contributed by atoms with Gasteiger partial charge in [-0.15, -0.1) is 0 Å². The molecular weight excluding hydrogens is 202 g/mol. The molecule has 3 nitrogen and oxygen atoms in total. The van der Waals surface area contributed by atoms with E-state index in [1.165, 1.54) is 5.56 Å². The third-order valence-corrected chi connectivity index (χ3v) is 3.04. The minimum Gasteiger partial charge on any atom is -0.472 e. The van der Waals surface area contributed by atoms with Crippen LogP contribution in [0.25, 0.3) is 0 Å². The Labute approximate surface area is 97.2 Å². The number of hydrogen-bond acceptors (Lipinski definition) is 3. The fraction of sp³-hybridized carbons (Fsp3) is 0.692. The summed E-state index contributed by atoms with van der Waals surface area (Å²) in [5, 5.41) is 3.39. The van der Waals surface area contributed by atoms with Crippen LogP contribution in [0.3, 0.4) is 0 Å². The molecule has 1 N–H and O–H groups in total. The molecule has 0 unspecified atom stereocenters. The molecule has 0 radical (unpaired) electrons. The Kier molecular flexibility index (Phi) is 4.02. The summed E-state index contributed by atoms with van der Waals surface area (Å²) in [5.41, 5.74) is 1.27. The molecule has 2 rings (SSSR count). The molecule has 0 aliphatic carbocycles. The van der Waals surface area contributed by atoms with Gasteiger partial charge in [-0.2, -0.15) is 0 Å². The zero-order chi connectivity index (χ0) is 11.4. The second-order valence-corrected chi connectivity index (χ2v) is 4.92. The van der Waals surface area contributed by atoms with E-state index >= 15 is 0 Å². The second kappa shape index (κ2) is 5.51. The minimum atomic E-state index is 0.286. The van der Waals surface area contributed by atoms with Gasteiger partial charge < -0.3 is 14.5 Å². The monoisotopic (exact) mass is 223 g/mol. The van der Waals surface area contributed by atoms with E-state index in [9.17, 15) is 0 Å². The molecule has 0 bridgehead atoms. The Balaban J connectivity index is 1.97. The van der Waals surface area contributed by atoms with Crippen molar-refractivity contribution in [3.63, 3.8) is 0 Å². The van der Waals surface area contributed by atoms with Crippen LogP contribution in [0.4, 0.5) is 0 Å². The fourth-order valence-electron chi connectivity index (χ4n) is 2.19.